The van der Waals surface area contributed by atoms with Gasteiger partial charge in [0.25, 0.3) is 0 Å². The molecular formula is C21H19NO2S2. The Labute approximate surface area is 161 Å². The second-order valence-corrected chi connectivity index (χ2v) is 7.96. The quantitative estimate of drug-likeness (QED) is 0.594. The van der Waals surface area contributed by atoms with Crippen LogP contribution in [0, 0.1) is 0 Å². The Morgan fingerprint density at radius 2 is 1.85 bits per heavy atom. The summed E-state index contributed by atoms with van der Waals surface area (Å²) in [7, 11) is 3.37. The number of fused-ring (bicyclic) bond motifs is 1. The van der Waals surface area contributed by atoms with Gasteiger partial charge in [0, 0.05) is 16.5 Å². The second kappa shape index (κ2) is 7.48. The Bertz CT molecular complexity index is 935. The summed E-state index contributed by atoms with van der Waals surface area (Å²) in [5, 5.41) is 5.84. The Kier molecular flexibility index (Phi) is 4.91. The monoisotopic (exact) mass is 381 g/mol. The third-order valence-electron chi connectivity index (χ3n) is 4.26. The van der Waals surface area contributed by atoms with Gasteiger partial charge in [0.1, 0.15) is 11.5 Å². The fourth-order valence-electron chi connectivity index (χ4n) is 2.96. The molecule has 3 aromatic rings. The fourth-order valence-corrected chi connectivity index (χ4v) is 4.87. The van der Waals surface area contributed by atoms with Crippen LogP contribution in [0.2, 0.25) is 0 Å². The molecule has 4 rings (SSSR count). The molecule has 0 amide bonds. The van der Waals surface area contributed by atoms with E-state index in [1.165, 1.54) is 9.77 Å². The van der Waals surface area contributed by atoms with Crippen LogP contribution in [0.15, 0.2) is 70.9 Å². The van der Waals surface area contributed by atoms with Gasteiger partial charge in [-0.1, -0.05) is 24.3 Å². The van der Waals surface area contributed by atoms with Crippen LogP contribution >= 0.6 is 23.1 Å². The molecule has 0 radical (unpaired) electrons. The molecule has 1 aromatic heterocycles. The third kappa shape index (κ3) is 3.32. The average molecular weight is 382 g/mol. The third-order valence-corrected chi connectivity index (χ3v) is 6.42. The fraction of sp³-hybridized carbons (Fsp3) is 0.143. The molecule has 1 atom stereocenters. The molecule has 1 aliphatic rings. The first-order valence-corrected chi connectivity index (χ1v) is 10.0. The lowest BCUT2D eigenvalue weighted by Gasteiger charge is -2.17. The molecule has 5 heteroatoms. The molecular weight excluding hydrogens is 362 g/mol. The van der Waals surface area contributed by atoms with Crippen molar-refractivity contribution in [3.05, 3.63) is 76.5 Å². The molecule has 0 saturated heterocycles. The number of benzene rings is 2. The maximum Gasteiger partial charge on any atom is 0.127 e. The maximum absolute atomic E-state index is 5.66. The zero-order valence-corrected chi connectivity index (χ0v) is 16.2. The van der Waals surface area contributed by atoms with Crippen molar-refractivity contribution in [2.24, 2.45) is 0 Å². The number of anilines is 1. The molecule has 0 spiro atoms. The molecule has 0 fully saturated rings. The summed E-state index contributed by atoms with van der Waals surface area (Å²) < 4.78 is 11.0. The zero-order chi connectivity index (χ0) is 17.9. The number of ether oxygens (including phenoxy) is 2. The highest BCUT2D eigenvalue weighted by atomic mass is 32.2. The Morgan fingerprint density at radius 3 is 2.62 bits per heavy atom. The highest BCUT2D eigenvalue weighted by Crippen LogP contribution is 2.47. The second-order valence-electron chi connectivity index (χ2n) is 5.83. The molecule has 1 unspecified atom stereocenters. The summed E-state index contributed by atoms with van der Waals surface area (Å²) in [6.07, 6.45) is 2.28. The largest absolute Gasteiger partial charge is 0.497 e. The predicted octanol–water partition coefficient (Wildman–Crippen LogP) is 6.07. The van der Waals surface area contributed by atoms with Crippen LogP contribution in [-0.2, 0) is 0 Å². The highest BCUT2D eigenvalue weighted by Gasteiger charge is 2.22. The van der Waals surface area contributed by atoms with Gasteiger partial charge in [-0.2, -0.15) is 0 Å². The first-order chi connectivity index (χ1) is 12.8. The van der Waals surface area contributed by atoms with Crippen molar-refractivity contribution in [2.45, 2.75) is 10.1 Å². The number of hydrogen-bond donors (Lipinski definition) is 1. The lowest BCUT2D eigenvalue weighted by molar-refractivity contribution is 0.391. The van der Waals surface area contributed by atoms with Crippen molar-refractivity contribution >= 4 is 34.5 Å². The molecule has 3 nitrogen and oxygen atoms in total. The number of nitrogens with one attached hydrogen (secondary N) is 1. The van der Waals surface area contributed by atoms with Gasteiger partial charge in [0.2, 0.25) is 0 Å². The standard InChI is InChI=1S/C21H19NO2S2/c1-23-14-9-10-15(18(12-14)24-2)21-13-17(19-8-5-11-25-19)22-16-6-3-4-7-20(16)26-21/h3-13,21-22H,1-2H3. The summed E-state index contributed by atoms with van der Waals surface area (Å²) >= 11 is 3.56. The van der Waals surface area contributed by atoms with E-state index in [1.807, 2.05) is 23.9 Å². The van der Waals surface area contributed by atoms with Crippen molar-refractivity contribution in [1.29, 1.82) is 0 Å². The van der Waals surface area contributed by atoms with Gasteiger partial charge < -0.3 is 14.8 Å². The van der Waals surface area contributed by atoms with Gasteiger partial charge in [-0.05, 0) is 35.7 Å². The highest BCUT2D eigenvalue weighted by molar-refractivity contribution is 7.99. The normalized spacial score (nSPS) is 16.1. The van der Waals surface area contributed by atoms with E-state index in [2.05, 4.69) is 59.2 Å². The van der Waals surface area contributed by atoms with Crippen LogP contribution in [0.4, 0.5) is 5.69 Å². The molecule has 1 aliphatic heterocycles. The van der Waals surface area contributed by atoms with E-state index < -0.39 is 0 Å². The van der Waals surface area contributed by atoms with Gasteiger partial charge in [-0.3, -0.25) is 0 Å². The first-order valence-electron chi connectivity index (χ1n) is 8.29. The molecule has 0 bridgehead atoms. The minimum Gasteiger partial charge on any atom is -0.497 e. The molecule has 0 aliphatic carbocycles. The van der Waals surface area contributed by atoms with E-state index in [4.69, 9.17) is 9.47 Å². The van der Waals surface area contributed by atoms with Crippen LogP contribution < -0.4 is 14.8 Å². The van der Waals surface area contributed by atoms with Gasteiger partial charge in [-0.25, -0.2) is 0 Å². The number of hydrogen-bond acceptors (Lipinski definition) is 5. The van der Waals surface area contributed by atoms with Gasteiger partial charge in [0.15, 0.2) is 0 Å². The minimum atomic E-state index is 0.129. The predicted molar refractivity (Wildman–Crippen MR) is 111 cm³/mol. The molecule has 2 heterocycles. The Hall–Kier alpha value is -2.37. The summed E-state index contributed by atoms with van der Waals surface area (Å²) in [5.41, 5.74) is 3.39. The molecule has 2 aromatic carbocycles. The van der Waals surface area contributed by atoms with Crippen molar-refractivity contribution in [2.75, 3.05) is 19.5 Å². The smallest absolute Gasteiger partial charge is 0.127 e. The topological polar surface area (TPSA) is 30.5 Å². The van der Waals surface area contributed by atoms with Gasteiger partial charge in [0.05, 0.1) is 35.7 Å². The van der Waals surface area contributed by atoms with Crippen molar-refractivity contribution in [3.63, 3.8) is 0 Å². The molecule has 0 saturated carbocycles. The Balaban J connectivity index is 1.82. The molecule has 1 N–H and O–H groups in total. The maximum atomic E-state index is 5.66. The van der Waals surface area contributed by atoms with E-state index in [1.54, 1.807) is 25.6 Å². The summed E-state index contributed by atoms with van der Waals surface area (Å²) in [5.74, 6) is 1.63. The molecule has 132 valence electrons. The number of thioether (sulfide) groups is 1. The number of methoxy groups -OCH3 is 2. The van der Waals surface area contributed by atoms with Crippen LogP contribution in [-0.4, -0.2) is 14.2 Å². The van der Waals surface area contributed by atoms with Gasteiger partial charge >= 0.3 is 0 Å². The number of rotatable bonds is 4. The first kappa shape index (κ1) is 17.1. The SMILES string of the molecule is COc1ccc(C2C=C(c3cccs3)Nc3ccccc3S2)c(OC)c1. The van der Waals surface area contributed by atoms with Gasteiger partial charge in [-0.15, -0.1) is 23.1 Å². The van der Waals surface area contributed by atoms with E-state index in [-0.39, 0.29) is 5.25 Å². The van der Waals surface area contributed by atoms with E-state index >= 15 is 0 Å². The number of thiophene rings is 1. The lowest BCUT2D eigenvalue weighted by Crippen LogP contribution is -1.99. The zero-order valence-electron chi connectivity index (χ0n) is 14.6. The molecule has 26 heavy (non-hydrogen) atoms. The van der Waals surface area contributed by atoms with Crippen molar-refractivity contribution in [1.82, 2.24) is 0 Å². The summed E-state index contributed by atoms with van der Waals surface area (Å²) in [4.78, 5) is 2.44. The Morgan fingerprint density at radius 1 is 0.962 bits per heavy atom. The average Bonchev–Trinajstić information content (AvgIpc) is 3.15. The summed E-state index contributed by atoms with van der Waals surface area (Å²) in [6.45, 7) is 0. The van der Waals surface area contributed by atoms with Crippen LogP contribution in [0.3, 0.4) is 0 Å². The van der Waals surface area contributed by atoms with E-state index in [0.29, 0.717) is 0 Å². The van der Waals surface area contributed by atoms with Crippen LogP contribution in [0.5, 0.6) is 11.5 Å². The van der Waals surface area contributed by atoms with Crippen molar-refractivity contribution in [3.8, 4) is 11.5 Å². The number of para-hydroxylation sites is 1. The minimum absolute atomic E-state index is 0.129. The lowest BCUT2D eigenvalue weighted by atomic mass is 10.1. The van der Waals surface area contributed by atoms with E-state index in [9.17, 15) is 0 Å². The van der Waals surface area contributed by atoms with Crippen LogP contribution in [0.25, 0.3) is 5.70 Å². The summed E-state index contributed by atoms with van der Waals surface area (Å²) in [6, 6.07) is 18.7. The van der Waals surface area contributed by atoms with Crippen LogP contribution in [0.1, 0.15) is 15.7 Å². The van der Waals surface area contributed by atoms with E-state index in [0.717, 1.165) is 28.4 Å². The van der Waals surface area contributed by atoms with Crippen molar-refractivity contribution < 1.29 is 9.47 Å².